The Morgan fingerprint density at radius 1 is 1.29 bits per heavy atom. The van der Waals surface area contributed by atoms with Gasteiger partial charge in [0.2, 0.25) is 0 Å². The maximum absolute atomic E-state index is 12.1. The zero-order chi connectivity index (χ0) is 13.2. The smallest absolute Gasteiger partial charge is 0.382 e. The molecule has 0 heterocycles. The van der Waals surface area contributed by atoms with Gasteiger partial charge >= 0.3 is 6.18 Å². The molecular weight excluding hydrogens is 390 g/mol. The highest BCUT2D eigenvalue weighted by atomic mass is 79.9. The Hall–Kier alpha value is 0.0200. The van der Waals surface area contributed by atoms with Gasteiger partial charge in [0.15, 0.2) is 6.10 Å². The van der Waals surface area contributed by atoms with Gasteiger partial charge in [0.25, 0.3) is 0 Å². The van der Waals surface area contributed by atoms with Crippen molar-refractivity contribution in [3.63, 3.8) is 0 Å². The lowest BCUT2D eigenvalue weighted by molar-refractivity contribution is -0.198. The van der Waals surface area contributed by atoms with Crippen LogP contribution in [0.1, 0.15) is 0 Å². The Morgan fingerprint density at radius 3 is 2.18 bits per heavy atom. The predicted octanol–water partition coefficient (Wildman–Crippen LogP) is 4.20. The van der Waals surface area contributed by atoms with Crippen molar-refractivity contribution < 1.29 is 18.3 Å². The lowest BCUT2D eigenvalue weighted by atomic mass is 10.3. The minimum absolute atomic E-state index is 0.401. The molecule has 1 atom stereocenters. The molecule has 0 aliphatic heterocycles. The summed E-state index contributed by atoms with van der Waals surface area (Å²) >= 11 is 12.1. The molecule has 0 aliphatic rings. The minimum atomic E-state index is -4.64. The molecule has 0 saturated carbocycles. The first-order chi connectivity index (χ1) is 7.71. The van der Waals surface area contributed by atoms with E-state index in [1.165, 1.54) is 12.1 Å². The van der Waals surface area contributed by atoms with Gasteiger partial charge in [-0.25, -0.2) is 0 Å². The predicted molar refractivity (Wildman–Crippen MR) is 67.4 cm³/mol. The van der Waals surface area contributed by atoms with Gasteiger partial charge < -0.3 is 10.4 Å². The molecule has 0 bridgehead atoms. The van der Waals surface area contributed by atoms with Crippen molar-refractivity contribution in [2.75, 3.05) is 11.9 Å². The second-order valence-corrected chi connectivity index (χ2v) is 5.33. The van der Waals surface area contributed by atoms with Gasteiger partial charge in [0.05, 0.1) is 5.69 Å². The summed E-state index contributed by atoms with van der Waals surface area (Å²) < 4.78 is 37.3. The zero-order valence-electron chi connectivity index (χ0n) is 8.15. The third kappa shape index (κ3) is 4.31. The highest BCUT2D eigenvalue weighted by Crippen LogP contribution is 2.34. The van der Waals surface area contributed by atoms with Crippen LogP contribution in [0.4, 0.5) is 18.9 Å². The lowest BCUT2D eigenvalue weighted by Crippen LogP contribution is -2.35. The SMILES string of the molecule is OC(CNc1c(Br)cc(Cl)cc1Br)C(F)(F)F. The normalized spacial score (nSPS) is 13.6. The van der Waals surface area contributed by atoms with Crippen LogP contribution in [0.25, 0.3) is 0 Å². The second-order valence-electron chi connectivity index (χ2n) is 3.18. The summed E-state index contributed by atoms with van der Waals surface area (Å²) in [4.78, 5) is 0. The third-order valence-electron chi connectivity index (χ3n) is 1.86. The van der Waals surface area contributed by atoms with E-state index in [1.807, 2.05) is 0 Å². The highest BCUT2D eigenvalue weighted by Gasteiger charge is 2.37. The molecule has 1 aromatic carbocycles. The molecule has 17 heavy (non-hydrogen) atoms. The first kappa shape index (κ1) is 15.1. The van der Waals surface area contributed by atoms with Crippen LogP contribution in [0.3, 0.4) is 0 Å². The molecule has 0 fully saturated rings. The standard InChI is InChI=1S/C9H7Br2ClF3NO/c10-5-1-4(12)2-6(11)8(5)16-3-7(17)9(13,14)15/h1-2,7,16-17H,3H2. The number of halogens is 6. The number of aliphatic hydroxyl groups excluding tert-OH is 1. The van der Waals surface area contributed by atoms with Crippen LogP contribution in [0.15, 0.2) is 21.1 Å². The Bertz CT molecular complexity index is 391. The molecule has 1 aromatic rings. The van der Waals surface area contributed by atoms with Gasteiger partial charge in [-0.15, -0.1) is 0 Å². The number of benzene rings is 1. The molecule has 96 valence electrons. The van der Waals surface area contributed by atoms with Crippen molar-refractivity contribution in [2.24, 2.45) is 0 Å². The topological polar surface area (TPSA) is 32.3 Å². The van der Waals surface area contributed by atoms with Gasteiger partial charge in [-0.1, -0.05) is 11.6 Å². The number of rotatable bonds is 3. The van der Waals surface area contributed by atoms with E-state index in [4.69, 9.17) is 16.7 Å². The van der Waals surface area contributed by atoms with Crippen molar-refractivity contribution in [3.05, 3.63) is 26.1 Å². The molecule has 0 spiro atoms. The molecular formula is C9H7Br2ClF3NO. The average Bonchev–Trinajstić information content (AvgIpc) is 2.13. The highest BCUT2D eigenvalue weighted by molar-refractivity contribution is 9.11. The van der Waals surface area contributed by atoms with Crippen LogP contribution in [-0.2, 0) is 0 Å². The Labute approximate surface area is 117 Å². The van der Waals surface area contributed by atoms with E-state index in [-0.39, 0.29) is 0 Å². The summed E-state index contributed by atoms with van der Waals surface area (Å²) in [5, 5.41) is 11.8. The first-order valence-electron chi connectivity index (χ1n) is 4.35. The molecule has 2 N–H and O–H groups in total. The maximum Gasteiger partial charge on any atom is 0.416 e. The van der Waals surface area contributed by atoms with Crippen molar-refractivity contribution in [1.82, 2.24) is 0 Å². The van der Waals surface area contributed by atoms with Crippen LogP contribution >= 0.6 is 43.5 Å². The van der Waals surface area contributed by atoms with E-state index in [1.54, 1.807) is 0 Å². The molecule has 8 heteroatoms. The van der Waals surface area contributed by atoms with Gasteiger partial charge in [-0.3, -0.25) is 0 Å². The second kappa shape index (κ2) is 5.77. The fourth-order valence-electron chi connectivity index (χ4n) is 1.03. The molecule has 0 aliphatic carbocycles. The van der Waals surface area contributed by atoms with Crippen molar-refractivity contribution >= 4 is 49.1 Å². The number of aliphatic hydroxyl groups is 1. The maximum atomic E-state index is 12.1. The van der Waals surface area contributed by atoms with Crippen LogP contribution in [0.5, 0.6) is 0 Å². The molecule has 0 saturated heterocycles. The first-order valence-corrected chi connectivity index (χ1v) is 6.31. The van der Waals surface area contributed by atoms with E-state index >= 15 is 0 Å². The summed E-state index contributed by atoms with van der Waals surface area (Å²) in [5.74, 6) is 0. The lowest BCUT2D eigenvalue weighted by Gasteiger charge is -2.17. The van der Waals surface area contributed by atoms with Crippen LogP contribution in [0.2, 0.25) is 5.02 Å². The fourth-order valence-corrected chi connectivity index (χ4v) is 2.97. The van der Waals surface area contributed by atoms with E-state index in [0.717, 1.165) is 0 Å². The van der Waals surface area contributed by atoms with Crippen molar-refractivity contribution in [2.45, 2.75) is 12.3 Å². The quantitative estimate of drug-likeness (QED) is 0.801. The van der Waals surface area contributed by atoms with E-state index < -0.39 is 18.8 Å². The van der Waals surface area contributed by atoms with E-state index in [9.17, 15) is 13.2 Å². The zero-order valence-corrected chi connectivity index (χ0v) is 12.1. The number of anilines is 1. The summed E-state index contributed by atoms with van der Waals surface area (Å²) in [7, 11) is 0. The van der Waals surface area contributed by atoms with E-state index in [2.05, 4.69) is 37.2 Å². The summed E-state index contributed by atoms with van der Waals surface area (Å²) in [6.07, 6.45) is -7.06. The Kier molecular flexibility index (Phi) is 5.12. The molecule has 0 radical (unpaired) electrons. The van der Waals surface area contributed by atoms with Crippen molar-refractivity contribution in [1.29, 1.82) is 0 Å². The molecule has 2 nitrogen and oxygen atoms in total. The molecule has 1 rings (SSSR count). The van der Waals surface area contributed by atoms with Gasteiger partial charge in [0.1, 0.15) is 0 Å². The van der Waals surface area contributed by atoms with Gasteiger partial charge in [-0.05, 0) is 44.0 Å². The van der Waals surface area contributed by atoms with Gasteiger partial charge in [-0.2, -0.15) is 13.2 Å². The Balaban J connectivity index is 2.77. The van der Waals surface area contributed by atoms with Crippen LogP contribution in [-0.4, -0.2) is 23.9 Å². The fraction of sp³-hybridized carbons (Fsp3) is 0.333. The van der Waals surface area contributed by atoms with Crippen LogP contribution < -0.4 is 5.32 Å². The minimum Gasteiger partial charge on any atom is -0.382 e. The molecule has 0 aromatic heterocycles. The number of hydrogen-bond acceptors (Lipinski definition) is 2. The third-order valence-corrected chi connectivity index (χ3v) is 3.33. The Morgan fingerprint density at radius 2 is 1.76 bits per heavy atom. The monoisotopic (exact) mass is 395 g/mol. The summed E-state index contributed by atoms with van der Waals surface area (Å²) in [6.45, 7) is -0.637. The largest absolute Gasteiger partial charge is 0.416 e. The number of nitrogens with one attached hydrogen (secondary N) is 1. The van der Waals surface area contributed by atoms with Crippen molar-refractivity contribution in [3.8, 4) is 0 Å². The van der Waals surface area contributed by atoms with Crippen LogP contribution in [0, 0.1) is 0 Å². The average molecular weight is 397 g/mol. The summed E-state index contributed by atoms with van der Waals surface area (Å²) in [5.41, 5.74) is 0.401. The van der Waals surface area contributed by atoms with Gasteiger partial charge in [0, 0.05) is 20.5 Å². The number of hydrogen-bond donors (Lipinski definition) is 2. The molecule has 0 amide bonds. The van der Waals surface area contributed by atoms with E-state index in [0.29, 0.717) is 19.7 Å². The number of alkyl halides is 3. The summed E-state index contributed by atoms with van der Waals surface area (Å²) in [6, 6.07) is 3.07. The molecule has 1 unspecified atom stereocenters.